The van der Waals surface area contributed by atoms with E-state index in [-0.39, 0.29) is 11.9 Å². The second kappa shape index (κ2) is 8.06. The molecule has 0 unspecified atom stereocenters. The highest BCUT2D eigenvalue weighted by atomic mass is 16.3. The van der Waals surface area contributed by atoms with E-state index in [1.54, 1.807) is 12.1 Å². The summed E-state index contributed by atoms with van der Waals surface area (Å²) >= 11 is 0. The summed E-state index contributed by atoms with van der Waals surface area (Å²) in [6.07, 6.45) is 0. The average Bonchev–Trinajstić information content (AvgIpc) is 2.67. The van der Waals surface area contributed by atoms with Gasteiger partial charge >= 0.3 is 0 Å². The Bertz CT molecular complexity index is 561. The minimum Gasteiger partial charge on any atom is -0.508 e. The first-order chi connectivity index (χ1) is 12.1. The van der Waals surface area contributed by atoms with Crippen molar-refractivity contribution in [3.63, 3.8) is 0 Å². The fourth-order valence-corrected chi connectivity index (χ4v) is 3.74. The summed E-state index contributed by atoms with van der Waals surface area (Å²) in [5, 5.41) is 9.42. The molecule has 6 heteroatoms. The zero-order chi connectivity index (χ0) is 17.8. The van der Waals surface area contributed by atoms with Crippen molar-refractivity contribution in [3.05, 3.63) is 24.3 Å². The Hall–Kier alpha value is -1.79. The molecule has 1 atom stereocenters. The quantitative estimate of drug-likeness (QED) is 0.884. The molecule has 2 aliphatic rings. The molecule has 6 nitrogen and oxygen atoms in total. The zero-order valence-corrected chi connectivity index (χ0v) is 15.4. The predicted octanol–water partition coefficient (Wildman–Crippen LogP) is 1.07. The minimum absolute atomic E-state index is 0.0462. The van der Waals surface area contributed by atoms with Crippen LogP contribution in [0.4, 0.5) is 5.69 Å². The van der Waals surface area contributed by atoms with Gasteiger partial charge in [0, 0.05) is 58.0 Å². The molecule has 1 N–H and O–H groups in total. The lowest BCUT2D eigenvalue weighted by atomic mass is 10.1. The maximum Gasteiger partial charge on any atom is 0.239 e. The van der Waals surface area contributed by atoms with Gasteiger partial charge in [0.2, 0.25) is 5.91 Å². The van der Waals surface area contributed by atoms with Crippen molar-refractivity contribution in [3.8, 4) is 5.75 Å². The van der Waals surface area contributed by atoms with Crippen LogP contribution in [0.1, 0.15) is 13.8 Å². The molecule has 0 bridgehead atoms. The van der Waals surface area contributed by atoms with E-state index in [0.717, 1.165) is 64.6 Å². The second-order valence-electron chi connectivity index (χ2n) is 6.97. The predicted molar refractivity (Wildman–Crippen MR) is 100 cm³/mol. The van der Waals surface area contributed by atoms with Crippen LogP contribution in [0.5, 0.6) is 5.75 Å². The van der Waals surface area contributed by atoms with E-state index >= 15 is 0 Å². The van der Waals surface area contributed by atoms with Gasteiger partial charge in [0.1, 0.15) is 5.75 Å². The van der Waals surface area contributed by atoms with Crippen molar-refractivity contribution in [1.82, 2.24) is 14.7 Å². The number of likely N-dealkylation sites (N-methyl/N-ethyl adjacent to an activating group) is 1. The first-order valence-corrected chi connectivity index (χ1v) is 9.37. The number of benzene rings is 1. The molecule has 2 heterocycles. The number of piperazine rings is 2. The Balaban J connectivity index is 1.50. The summed E-state index contributed by atoms with van der Waals surface area (Å²) in [6, 6.07) is 7.31. The van der Waals surface area contributed by atoms with Crippen LogP contribution in [-0.4, -0.2) is 90.7 Å². The van der Waals surface area contributed by atoms with Crippen molar-refractivity contribution in [1.29, 1.82) is 0 Å². The average molecular weight is 346 g/mol. The molecule has 0 spiro atoms. The lowest BCUT2D eigenvalue weighted by Gasteiger charge is -2.41. The molecular weight excluding hydrogens is 316 g/mol. The van der Waals surface area contributed by atoms with Gasteiger partial charge in [0.05, 0.1) is 6.04 Å². The molecule has 2 aliphatic heterocycles. The second-order valence-corrected chi connectivity index (χ2v) is 6.97. The minimum atomic E-state index is -0.0462. The molecule has 1 aromatic rings. The van der Waals surface area contributed by atoms with E-state index in [9.17, 15) is 9.90 Å². The molecule has 0 aliphatic carbocycles. The number of amides is 1. The SMILES string of the molecule is CCN1CCN(C(=O)[C@@H](C)N2CCN(c3ccc(O)cc3)CC2)CC1. The summed E-state index contributed by atoms with van der Waals surface area (Å²) < 4.78 is 0. The normalized spacial score (nSPS) is 21.4. The highest BCUT2D eigenvalue weighted by Gasteiger charge is 2.30. The van der Waals surface area contributed by atoms with E-state index < -0.39 is 0 Å². The third-order valence-corrected chi connectivity index (χ3v) is 5.57. The van der Waals surface area contributed by atoms with Crippen molar-refractivity contribution < 1.29 is 9.90 Å². The molecule has 0 saturated carbocycles. The lowest BCUT2D eigenvalue weighted by molar-refractivity contribution is -0.138. The summed E-state index contributed by atoms with van der Waals surface area (Å²) in [4.78, 5) is 21.8. The number of phenols is 1. The molecule has 1 amide bonds. The molecule has 25 heavy (non-hydrogen) atoms. The van der Waals surface area contributed by atoms with Crippen LogP contribution in [0, 0.1) is 0 Å². The van der Waals surface area contributed by atoms with E-state index in [1.807, 2.05) is 24.0 Å². The van der Waals surface area contributed by atoms with Gasteiger partial charge in [-0.1, -0.05) is 6.92 Å². The molecule has 0 aromatic heterocycles. The maximum atomic E-state index is 12.8. The molecule has 1 aromatic carbocycles. The maximum absolute atomic E-state index is 12.8. The first-order valence-electron chi connectivity index (χ1n) is 9.37. The van der Waals surface area contributed by atoms with Gasteiger partial charge in [0.15, 0.2) is 0 Å². The largest absolute Gasteiger partial charge is 0.508 e. The number of hydrogen-bond donors (Lipinski definition) is 1. The smallest absolute Gasteiger partial charge is 0.239 e. The summed E-state index contributed by atoms with van der Waals surface area (Å²) in [5.41, 5.74) is 1.13. The monoisotopic (exact) mass is 346 g/mol. The first kappa shape index (κ1) is 18.0. The van der Waals surface area contributed by atoms with E-state index in [2.05, 4.69) is 21.6 Å². The van der Waals surface area contributed by atoms with Gasteiger partial charge in [-0.3, -0.25) is 9.69 Å². The molecule has 0 radical (unpaired) electrons. The highest BCUT2D eigenvalue weighted by molar-refractivity contribution is 5.81. The van der Waals surface area contributed by atoms with E-state index in [1.165, 1.54) is 0 Å². The summed E-state index contributed by atoms with van der Waals surface area (Å²) in [5.74, 6) is 0.568. The van der Waals surface area contributed by atoms with E-state index in [0.29, 0.717) is 5.75 Å². The molecule has 3 rings (SSSR count). The summed E-state index contributed by atoms with van der Waals surface area (Å²) in [7, 11) is 0. The van der Waals surface area contributed by atoms with Gasteiger partial charge < -0.3 is 19.8 Å². The Labute approximate surface area is 150 Å². The number of carbonyl (C=O) groups excluding carboxylic acids is 1. The van der Waals surface area contributed by atoms with Crippen molar-refractivity contribution in [2.75, 3.05) is 63.8 Å². The van der Waals surface area contributed by atoms with Crippen LogP contribution in [0.15, 0.2) is 24.3 Å². The third kappa shape index (κ3) is 4.25. The van der Waals surface area contributed by atoms with Gasteiger partial charge in [-0.15, -0.1) is 0 Å². The van der Waals surface area contributed by atoms with Crippen LogP contribution in [0.3, 0.4) is 0 Å². The Morgan fingerprint density at radius 3 is 2.16 bits per heavy atom. The number of phenolic OH excluding ortho intramolecular Hbond substituents is 1. The van der Waals surface area contributed by atoms with Crippen LogP contribution >= 0.6 is 0 Å². The fourth-order valence-electron chi connectivity index (χ4n) is 3.74. The fraction of sp³-hybridized carbons (Fsp3) is 0.632. The van der Waals surface area contributed by atoms with Crippen LogP contribution < -0.4 is 4.90 Å². The molecule has 2 fully saturated rings. The van der Waals surface area contributed by atoms with Crippen molar-refractivity contribution in [2.24, 2.45) is 0 Å². The van der Waals surface area contributed by atoms with Gasteiger partial charge in [-0.05, 0) is 37.7 Å². The zero-order valence-electron chi connectivity index (χ0n) is 15.4. The van der Waals surface area contributed by atoms with Crippen LogP contribution in [0.25, 0.3) is 0 Å². The molecule has 138 valence electrons. The number of carbonyl (C=O) groups is 1. The number of anilines is 1. The standard InChI is InChI=1S/C19H30N4O2/c1-3-20-8-10-23(11-9-20)19(25)16(2)21-12-14-22(15-13-21)17-4-6-18(24)7-5-17/h4-7,16,24H,3,8-15H2,1-2H3/t16-/m1/s1. The van der Waals surface area contributed by atoms with E-state index in [4.69, 9.17) is 0 Å². The number of nitrogens with zero attached hydrogens (tertiary/aromatic N) is 4. The third-order valence-electron chi connectivity index (χ3n) is 5.57. The van der Waals surface area contributed by atoms with Crippen LogP contribution in [0.2, 0.25) is 0 Å². The number of hydrogen-bond acceptors (Lipinski definition) is 5. The van der Waals surface area contributed by atoms with Crippen molar-refractivity contribution in [2.45, 2.75) is 19.9 Å². The van der Waals surface area contributed by atoms with Crippen molar-refractivity contribution >= 4 is 11.6 Å². The van der Waals surface area contributed by atoms with Gasteiger partial charge in [-0.25, -0.2) is 0 Å². The molecular formula is C19H30N4O2. The molecule has 2 saturated heterocycles. The van der Waals surface area contributed by atoms with Crippen LogP contribution in [-0.2, 0) is 4.79 Å². The Morgan fingerprint density at radius 1 is 1.00 bits per heavy atom. The lowest BCUT2D eigenvalue weighted by Crippen LogP contribution is -2.57. The van der Waals surface area contributed by atoms with Gasteiger partial charge in [0.25, 0.3) is 0 Å². The summed E-state index contributed by atoms with van der Waals surface area (Å²) in [6.45, 7) is 12.6. The number of rotatable bonds is 4. The number of aromatic hydroxyl groups is 1. The topological polar surface area (TPSA) is 50.3 Å². The Morgan fingerprint density at radius 2 is 1.60 bits per heavy atom. The highest BCUT2D eigenvalue weighted by Crippen LogP contribution is 2.20. The van der Waals surface area contributed by atoms with Gasteiger partial charge in [-0.2, -0.15) is 0 Å². The Kier molecular flexibility index (Phi) is 5.81.